The van der Waals surface area contributed by atoms with E-state index in [2.05, 4.69) is 26.6 Å². The Morgan fingerprint density at radius 3 is 2.57 bits per heavy atom. The number of carbonyl (C=O) groups is 1. The molecule has 0 aliphatic carbocycles. The van der Waals surface area contributed by atoms with Crippen LogP contribution in [0.15, 0.2) is 65.1 Å². The van der Waals surface area contributed by atoms with E-state index in [-0.39, 0.29) is 11.8 Å². The first-order valence-corrected chi connectivity index (χ1v) is 13.0. The molecule has 3 aromatic carbocycles. The van der Waals surface area contributed by atoms with Crippen molar-refractivity contribution in [1.29, 1.82) is 0 Å². The van der Waals surface area contributed by atoms with E-state index in [1.54, 1.807) is 0 Å². The summed E-state index contributed by atoms with van der Waals surface area (Å²) in [7, 11) is 0. The van der Waals surface area contributed by atoms with E-state index in [1.807, 2.05) is 73.3 Å². The van der Waals surface area contributed by atoms with Gasteiger partial charge in [-0.05, 0) is 83.7 Å². The number of aryl methyl sites for hydroxylation is 3. The maximum atomic E-state index is 13.0. The molecule has 2 heterocycles. The summed E-state index contributed by atoms with van der Waals surface area (Å²) >= 11 is 9.88. The van der Waals surface area contributed by atoms with Crippen LogP contribution in [0.25, 0.3) is 11.0 Å². The van der Waals surface area contributed by atoms with Crippen molar-refractivity contribution in [2.75, 3.05) is 18.1 Å². The van der Waals surface area contributed by atoms with Gasteiger partial charge in [0.15, 0.2) is 0 Å². The lowest BCUT2D eigenvalue weighted by atomic mass is 10.1. The van der Waals surface area contributed by atoms with Gasteiger partial charge >= 0.3 is 0 Å². The zero-order chi connectivity index (χ0) is 24.5. The van der Waals surface area contributed by atoms with Gasteiger partial charge in [0.25, 0.3) is 0 Å². The highest BCUT2D eigenvalue weighted by Crippen LogP contribution is 2.36. The third kappa shape index (κ3) is 4.82. The molecule has 1 atom stereocenters. The van der Waals surface area contributed by atoms with Crippen LogP contribution in [-0.4, -0.2) is 28.6 Å². The Balaban J connectivity index is 1.34. The van der Waals surface area contributed by atoms with E-state index in [4.69, 9.17) is 21.3 Å². The molecule has 1 amide bonds. The normalized spacial score (nSPS) is 15.8. The minimum atomic E-state index is 0.0319. The van der Waals surface area contributed by atoms with Gasteiger partial charge in [0.1, 0.15) is 11.6 Å². The summed E-state index contributed by atoms with van der Waals surface area (Å²) in [6, 6.07) is 20.0. The number of hydrogen-bond donors (Lipinski definition) is 0. The summed E-state index contributed by atoms with van der Waals surface area (Å²) < 4.78 is 9.23. The van der Waals surface area contributed by atoms with Crippen LogP contribution in [0.4, 0.5) is 5.69 Å². The third-order valence-corrected chi connectivity index (χ3v) is 7.79. The van der Waals surface area contributed by atoms with E-state index in [9.17, 15) is 4.79 Å². The van der Waals surface area contributed by atoms with E-state index in [1.165, 1.54) is 0 Å². The molecule has 1 aromatic heterocycles. The van der Waals surface area contributed by atoms with E-state index in [0.717, 1.165) is 61.9 Å². The number of halogens is 2. The van der Waals surface area contributed by atoms with Crippen LogP contribution in [0.1, 0.15) is 35.7 Å². The molecule has 1 fully saturated rings. The number of aromatic nitrogens is 2. The number of imidazole rings is 1. The molecule has 0 spiro atoms. The predicted molar refractivity (Wildman–Crippen MR) is 145 cm³/mol. The van der Waals surface area contributed by atoms with Gasteiger partial charge < -0.3 is 14.2 Å². The molecule has 1 aliphatic heterocycles. The van der Waals surface area contributed by atoms with E-state index < -0.39 is 0 Å². The lowest BCUT2D eigenvalue weighted by Crippen LogP contribution is -2.25. The second-order valence-corrected chi connectivity index (χ2v) is 10.3. The molecule has 5 nitrogen and oxygen atoms in total. The van der Waals surface area contributed by atoms with Crippen molar-refractivity contribution in [3.05, 3.63) is 87.1 Å². The molecule has 4 aromatic rings. The molecule has 7 heteroatoms. The molecule has 180 valence electrons. The Labute approximate surface area is 218 Å². The number of fused-ring (bicyclic) bond motifs is 1. The third-order valence-electron chi connectivity index (χ3n) is 6.52. The monoisotopic (exact) mass is 551 g/mol. The maximum absolute atomic E-state index is 13.0. The van der Waals surface area contributed by atoms with Crippen molar-refractivity contribution < 1.29 is 9.53 Å². The predicted octanol–water partition coefficient (Wildman–Crippen LogP) is 7.06. The molecule has 1 unspecified atom stereocenters. The number of para-hydroxylation sites is 3. The molecule has 1 saturated heterocycles. The van der Waals surface area contributed by atoms with Crippen molar-refractivity contribution in [3.63, 3.8) is 0 Å². The van der Waals surface area contributed by atoms with Gasteiger partial charge in [0.2, 0.25) is 5.91 Å². The lowest BCUT2D eigenvalue weighted by molar-refractivity contribution is -0.117. The molecule has 5 rings (SSSR count). The Morgan fingerprint density at radius 1 is 1.09 bits per heavy atom. The molecule has 0 radical (unpaired) electrons. The number of anilines is 1. The van der Waals surface area contributed by atoms with E-state index >= 15 is 0 Å². The van der Waals surface area contributed by atoms with Gasteiger partial charge in [-0.15, -0.1) is 0 Å². The Morgan fingerprint density at radius 2 is 1.80 bits per heavy atom. The summed E-state index contributed by atoms with van der Waals surface area (Å²) in [6.45, 7) is 5.95. The van der Waals surface area contributed by atoms with E-state index in [0.29, 0.717) is 19.6 Å². The highest BCUT2D eigenvalue weighted by atomic mass is 79.9. The maximum Gasteiger partial charge on any atom is 0.227 e. The fourth-order valence-electron chi connectivity index (χ4n) is 4.83. The van der Waals surface area contributed by atoms with Crippen LogP contribution in [0.3, 0.4) is 0 Å². The Kier molecular flexibility index (Phi) is 6.85. The van der Waals surface area contributed by atoms with Crippen LogP contribution >= 0.6 is 27.5 Å². The first-order valence-electron chi connectivity index (χ1n) is 11.8. The van der Waals surface area contributed by atoms with Gasteiger partial charge in [-0.2, -0.15) is 0 Å². The van der Waals surface area contributed by atoms with Gasteiger partial charge in [-0.3, -0.25) is 4.79 Å². The van der Waals surface area contributed by atoms with Crippen molar-refractivity contribution in [2.45, 2.75) is 39.2 Å². The molecule has 35 heavy (non-hydrogen) atoms. The minimum absolute atomic E-state index is 0.0319. The number of hydrogen-bond acceptors (Lipinski definition) is 3. The molecule has 0 N–H and O–H groups in total. The standard InChI is InChI=1S/C28H27BrClN3O2/c1-18-14-21(15-19(2)27(18)30)35-13-7-12-32-25-11-6-4-9-23(25)31-28(32)20-16-26(34)33(17-20)24-10-5-3-8-22(24)29/h3-6,8-11,14-15,20H,7,12-13,16-17H2,1-2H3. The lowest BCUT2D eigenvalue weighted by Gasteiger charge is -2.19. The van der Waals surface area contributed by atoms with Crippen molar-refractivity contribution in [2.24, 2.45) is 0 Å². The van der Waals surface area contributed by atoms with Crippen LogP contribution in [0, 0.1) is 13.8 Å². The topological polar surface area (TPSA) is 47.4 Å². The molecule has 1 aliphatic rings. The zero-order valence-electron chi connectivity index (χ0n) is 19.8. The van der Waals surface area contributed by atoms with Crippen molar-refractivity contribution >= 4 is 50.2 Å². The van der Waals surface area contributed by atoms with Gasteiger partial charge in [0.05, 0.1) is 23.3 Å². The summed E-state index contributed by atoms with van der Waals surface area (Å²) in [5, 5.41) is 0.787. The number of amides is 1. The number of benzene rings is 3. The molecule has 0 bridgehead atoms. The average molecular weight is 553 g/mol. The zero-order valence-corrected chi connectivity index (χ0v) is 22.1. The number of carbonyl (C=O) groups excluding carboxylic acids is 1. The number of rotatable bonds is 7. The Hall–Kier alpha value is -2.83. The largest absolute Gasteiger partial charge is 0.494 e. The number of ether oxygens (including phenoxy) is 1. The fourth-order valence-corrected chi connectivity index (χ4v) is 5.43. The number of nitrogens with zero attached hydrogens (tertiary/aromatic N) is 3. The summed E-state index contributed by atoms with van der Waals surface area (Å²) in [5.74, 6) is 1.96. The minimum Gasteiger partial charge on any atom is -0.494 e. The van der Waals surface area contributed by atoms with Crippen molar-refractivity contribution in [1.82, 2.24) is 9.55 Å². The van der Waals surface area contributed by atoms with Crippen LogP contribution in [0.2, 0.25) is 5.02 Å². The summed E-state index contributed by atoms with van der Waals surface area (Å²) in [5.41, 5.74) is 4.99. The second kappa shape index (κ2) is 10.0. The average Bonchev–Trinajstić information content (AvgIpc) is 3.41. The second-order valence-electron chi connectivity index (χ2n) is 9.04. The molecular weight excluding hydrogens is 526 g/mol. The summed E-state index contributed by atoms with van der Waals surface area (Å²) in [4.78, 5) is 19.8. The quantitative estimate of drug-likeness (QED) is 0.231. The van der Waals surface area contributed by atoms with Gasteiger partial charge in [-0.25, -0.2) is 4.98 Å². The van der Waals surface area contributed by atoms with Crippen LogP contribution in [0.5, 0.6) is 5.75 Å². The fraction of sp³-hybridized carbons (Fsp3) is 0.286. The SMILES string of the molecule is Cc1cc(OCCCn2c(C3CC(=O)N(c4ccccc4Br)C3)nc3ccccc32)cc(C)c1Cl. The molecular formula is C28H27BrClN3O2. The Bertz CT molecular complexity index is 1380. The van der Waals surface area contributed by atoms with Gasteiger partial charge in [-0.1, -0.05) is 35.9 Å². The smallest absolute Gasteiger partial charge is 0.227 e. The van der Waals surface area contributed by atoms with Crippen LogP contribution in [-0.2, 0) is 11.3 Å². The highest BCUT2D eigenvalue weighted by molar-refractivity contribution is 9.10. The molecule has 0 saturated carbocycles. The highest BCUT2D eigenvalue weighted by Gasteiger charge is 2.35. The first-order chi connectivity index (χ1) is 16.9. The summed E-state index contributed by atoms with van der Waals surface area (Å²) in [6.07, 6.45) is 1.27. The van der Waals surface area contributed by atoms with Crippen LogP contribution < -0.4 is 9.64 Å². The van der Waals surface area contributed by atoms with Gasteiger partial charge in [0, 0.05) is 34.9 Å². The first kappa shape index (κ1) is 23.9. The van der Waals surface area contributed by atoms with Crippen molar-refractivity contribution in [3.8, 4) is 5.75 Å².